The fraction of sp³-hybridized carbons (Fsp3) is 0.292. The standard InChI is InChI=1S/C24H23N3O3S2/c1-3-30-24(29)20-16-11-7-8-12-18(16)31-23(20)25-21(28)19-13-17-14(2)27(26-22(17)32-19)15-9-5-4-6-10-15/h4-6,9-10,13H,3,7-8,11-12H2,1-2H3,(H,25,28). The second-order valence-electron chi connectivity index (χ2n) is 7.75. The largest absolute Gasteiger partial charge is 0.462 e. The van der Waals surface area contributed by atoms with E-state index in [0.717, 1.165) is 52.8 Å². The van der Waals surface area contributed by atoms with Crippen LogP contribution in [0.15, 0.2) is 36.4 Å². The number of nitrogens with one attached hydrogen (secondary N) is 1. The third-order valence-corrected chi connectivity index (χ3v) is 7.94. The molecule has 1 aliphatic carbocycles. The zero-order valence-corrected chi connectivity index (χ0v) is 19.6. The third kappa shape index (κ3) is 3.63. The number of nitrogens with zero attached hydrogens (tertiary/aromatic N) is 2. The van der Waals surface area contributed by atoms with E-state index in [4.69, 9.17) is 9.84 Å². The molecule has 8 heteroatoms. The van der Waals surface area contributed by atoms with E-state index in [0.29, 0.717) is 22.0 Å². The normalized spacial score (nSPS) is 13.2. The van der Waals surface area contributed by atoms with Crippen molar-refractivity contribution in [1.82, 2.24) is 9.78 Å². The number of fused-ring (bicyclic) bond motifs is 2. The van der Waals surface area contributed by atoms with Gasteiger partial charge in [-0.05, 0) is 63.3 Å². The second-order valence-corrected chi connectivity index (χ2v) is 9.89. The molecule has 0 radical (unpaired) electrons. The molecule has 0 aliphatic heterocycles. The molecule has 0 bridgehead atoms. The van der Waals surface area contributed by atoms with Gasteiger partial charge in [0.05, 0.1) is 22.7 Å². The molecule has 3 heterocycles. The van der Waals surface area contributed by atoms with Crippen LogP contribution in [-0.4, -0.2) is 28.3 Å². The lowest BCUT2D eigenvalue weighted by molar-refractivity contribution is 0.0526. The number of hydrogen-bond donors (Lipinski definition) is 1. The van der Waals surface area contributed by atoms with Gasteiger partial charge in [0.1, 0.15) is 9.83 Å². The lowest BCUT2D eigenvalue weighted by atomic mass is 9.95. The Morgan fingerprint density at radius 1 is 1.16 bits per heavy atom. The summed E-state index contributed by atoms with van der Waals surface area (Å²) in [4.78, 5) is 28.3. The highest BCUT2D eigenvalue weighted by atomic mass is 32.1. The first-order chi connectivity index (χ1) is 15.6. The molecule has 4 aromatic rings. The molecule has 0 saturated heterocycles. The number of anilines is 1. The van der Waals surface area contributed by atoms with E-state index in [-0.39, 0.29) is 11.9 Å². The van der Waals surface area contributed by atoms with Crippen molar-refractivity contribution in [3.05, 3.63) is 63.0 Å². The summed E-state index contributed by atoms with van der Waals surface area (Å²) in [6.07, 6.45) is 3.95. The highest BCUT2D eigenvalue weighted by Crippen LogP contribution is 2.39. The number of carbonyl (C=O) groups is 2. The molecule has 3 aromatic heterocycles. The van der Waals surface area contributed by atoms with Gasteiger partial charge in [-0.25, -0.2) is 9.48 Å². The zero-order chi connectivity index (χ0) is 22.2. The minimum atomic E-state index is -0.353. The van der Waals surface area contributed by atoms with Crippen LogP contribution in [0, 0.1) is 6.92 Å². The minimum Gasteiger partial charge on any atom is -0.462 e. The number of amides is 1. The summed E-state index contributed by atoms with van der Waals surface area (Å²) >= 11 is 2.86. The molecule has 0 fully saturated rings. The SMILES string of the molecule is CCOC(=O)c1c(NC(=O)c2cc3c(C)n(-c4ccccc4)nc3s2)sc2c1CCCC2. The molecule has 1 N–H and O–H groups in total. The molecule has 1 aromatic carbocycles. The quantitative estimate of drug-likeness (QED) is 0.380. The molecule has 32 heavy (non-hydrogen) atoms. The third-order valence-electron chi connectivity index (χ3n) is 5.71. The number of hydrogen-bond acceptors (Lipinski definition) is 6. The summed E-state index contributed by atoms with van der Waals surface area (Å²) in [5.41, 5.74) is 3.55. The monoisotopic (exact) mass is 465 g/mol. The number of aryl methyl sites for hydroxylation is 2. The molecule has 1 aliphatic rings. The Labute approximate surface area is 193 Å². The fourth-order valence-corrected chi connectivity index (χ4v) is 6.41. The molecule has 0 unspecified atom stereocenters. The topological polar surface area (TPSA) is 73.2 Å². The first-order valence-electron chi connectivity index (χ1n) is 10.7. The molecule has 0 saturated carbocycles. The maximum atomic E-state index is 13.1. The van der Waals surface area contributed by atoms with Gasteiger partial charge >= 0.3 is 5.97 Å². The van der Waals surface area contributed by atoms with Gasteiger partial charge < -0.3 is 10.1 Å². The Bertz CT molecular complexity index is 1320. The van der Waals surface area contributed by atoms with Gasteiger partial charge in [0.25, 0.3) is 5.91 Å². The van der Waals surface area contributed by atoms with Crippen molar-refractivity contribution in [3.8, 4) is 5.69 Å². The molecule has 164 valence electrons. The Morgan fingerprint density at radius 3 is 2.69 bits per heavy atom. The summed E-state index contributed by atoms with van der Waals surface area (Å²) in [6.45, 7) is 4.11. The summed E-state index contributed by atoms with van der Waals surface area (Å²) < 4.78 is 7.19. The van der Waals surface area contributed by atoms with Crippen LogP contribution < -0.4 is 5.32 Å². The number of para-hydroxylation sites is 1. The number of thiophene rings is 2. The van der Waals surface area contributed by atoms with Crippen LogP contribution in [0.5, 0.6) is 0 Å². The summed E-state index contributed by atoms with van der Waals surface area (Å²) in [5.74, 6) is -0.573. The van der Waals surface area contributed by atoms with Crippen molar-refractivity contribution >= 4 is 49.8 Å². The van der Waals surface area contributed by atoms with Crippen molar-refractivity contribution < 1.29 is 14.3 Å². The van der Waals surface area contributed by atoms with Gasteiger partial charge in [0.2, 0.25) is 0 Å². The average Bonchev–Trinajstić information content (AvgIpc) is 3.46. The van der Waals surface area contributed by atoms with Crippen LogP contribution in [0.2, 0.25) is 0 Å². The molecule has 0 atom stereocenters. The van der Waals surface area contributed by atoms with Crippen molar-refractivity contribution in [3.63, 3.8) is 0 Å². The summed E-state index contributed by atoms with van der Waals surface area (Å²) in [6, 6.07) is 11.8. The number of carbonyl (C=O) groups excluding carboxylic acids is 2. The number of esters is 1. The van der Waals surface area contributed by atoms with Gasteiger partial charge in [-0.15, -0.1) is 22.7 Å². The van der Waals surface area contributed by atoms with E-state index in [1.54, 1.807) is 6.92 Å². The van der Waals surface area contributed by atoms with E-state index >= 15 is 0 Å². The predicted octanol–water partition coefficient (Wildman–Crippen LogP) is 5.76. The average molecular weight is 466 g/mol. The molecule has 1 amide bonds. The highest BCUT2D eigenvalue weighted by Gasteiger charge is 2.28. The van der Waals surface area contributed by atoms with Gasteiger partial charge in [0, 0.05) is 16.0 Å². The van der Waals surface area contributed by atoms with E-state index in [1.165, 1.54) is 27.6 Å². The van der Waals surface area contributed by atoms with Crippen molar-refractivity contribution in [1.29, 1.82) is 0 Å². The Kier molecular flexibility index (Phi) is 5.57. The number of ether oxygens (including phenoxy) is 1. The van der Waals surface area contributed by atoms with E-state index in [2.05, 4.69) is 5.32 Å². The number of benzene rings is 1. The summed E-state index contributed by atoms with van der Waals surface area (Å²) in [5, 5.41) is 9.25. The smallest absolute Gasteiger partial charge is 0.341 e. The van der Waals surface area contributed by atoms with Crippen LogP contribution in [0.4, 0.5) is 5.00 Å². The maximum Gasteiger partial charge on any atom is 0.341 e. The van der Waals surface area contributed by atoms with Crippen molar-refractivity contribution in [2.75, 3.05) is 11.9 Å². The van der Waals surface area contributed by atoms with E-state index < -0.39 is 0 Å². The first kappa shape index (κ1) is 20.9. The lowest BCUT2D eigenvalue weighted by Gasteiger charge is -2.12. The summed E-state index contributed by atoms with van der Waals surface area (Å²) in [7, 11) is 0. The molecule has 5 rings (SSSR count). The fourth-order valence-electron chi connectivity index (χ4n) is 4.17. The van der Waals surface area contributed by atoms with Crippen LogP contribution >= 0.6 is 22.7 Å². The Morgan fingerprint density at radius 2 is 1.94 bits per heavy atom. The Balaban J connectivity index is 1.45. The maximum absolute atomic E-state index is 13.1. The van der Waals surface area contributed by atoms with Gasteiger partial charge in [-0.1, -0.05) is 18.2 Å². The molecular formula is C24H23N3O3S2. The molecule has 0 spiro atoms. The van der Waals surface area contributed by atoms with E-state index in [9.17, 15) is 9.59 Å². The van der Waals surface area contributed by atoms with Gasteiger partial charge in [-0.3, -0.25) is 4.79 Å². The van der Waals surface area contributed by atoms with Crippen LogP contribution in [0.1, 0.15) is 55.9 Å². The lowest BCUT2D eigenvalue weighted by Crippen LogP contribution is -2.15. The number of rotatable bonds is 5. The van der Waals surface area contributed by atoms with Crippen LogP contribution in [-0.2, 0) is 17.6 Å². The van der Waals surface area contributed by atoms with Gasteiger partial charge in [0.15, 0.2) is 0 Å². The minimum absolute atomic E-state index is 0.220. The molecule has 6 nitrogen and oxygen atoms in total. The highest BCUT2D eigenvalue weighted by molar-refractivity contribution is 7.21. The van der Waals surface area contributed by atoms with Gasteiger partial charge in [-0.2, -0.15) is 5.10 Å². The first-order valence-corrected chi connectivity index (χ1v) is 12.4. The second kappa shape index (κ2) is 8.52. The van der Waals surface area contributed by atoms with Crippen molar-refractivity contribution in [2.24, 2.45) is 0 Å². The zero-order valence-electron chi connectivity index (χ0n) is 17.9. The van der Waals surface area contributed by atoms with Crippen LogP contribution in [0.3, 0.4) is 0 Å². The van der Waals surface area contributed by atoms with Crippen LogP contribution in [0.25, 0.3) is 15.9 Å². The van der Waals surface area contributed by atoms with E-state index in [1.807, 2.05) is 48.0 Å². The number of aromatic nitrogens is 2. The van der Waals surface area contributed by atoms with Crippen molar-refractivity contribution in [2.45, 2.75) is 39.5 Å². The molecular weight excluding hydrogens is 442 g/mol. The predicted molar refractivity (Wildman–Crippen MR) is 129 cm³/mol. The Hall–Kier alpha value is -2.97.